The van der Waals surface area contributed by atoms with E-state index in [0.29, 0.717) is 12.5 Å². The van der Waals surface area contributed by atoms with Crippen LogP contribution in [0.3, 0.4) is 0 Å². The van der Waals surface area contributed by atoms with Crippen LogP contribution in [-0.2, 0) is 0 Å². The summed E-state index contributed by atoms with van der Waals surface area (Å²) in [5.74, 6) is 1.25. The Bertz CT molecular complexity index is 610. The quantitative estimate of drug-likeness (QED) is 0.710. The maximum Gasteiger partial charge on any atom is 0.183 e. The SMILES string of the molecule is CCCNc1nc2c(OCCC)c(C(C)C)cc(Cl)c2s1. The first-order valence-corrected chi connectivity index (χ1v) is 8.77. The smallest absolute Gasteiger partial charge is 0.183 e. The van der Waals surface area contributed by atoms with Crippen molar-refractivity contribution < 1.29 is 4.74 Å². The predicted octanol–water partition coefficient (Wildman–Crippen LogP) is 5.68. The molecule has 0 unspecified atom stereocenters. The molecule has 0 bridgehead atoms. The number of nitrogens with one attached hydrogen (secondary N) is 1. The summed E-state index contributed by atoms with van der Waals surface area (Å²) in [4.78, 5) is 4.70. The van der Waals surface area contributed by atoms with Crippen LogP contribution in [0.5, 0.6) is 5.75 Å². The molecule has 1 heterocycles. The first-order chi connectivity index (χ1) is 10.1. The molecule has 0 aliphatic carbocycles. The molecular weight excluding hydrogens is 304 g/mol. The van der Waals surface area contributed by atoms with Gasteiger partial charge < -0.3 is 10.1 Å². The highest BCUT2D eigenvalue weighted by Crippen LogP contribution is 2.42. The molecule has 0 aliphatic heterocycles. The highest BCUT2D eigenvalue weighted by atomic mass is 35.5. The predicted molar refractivity (Wildman–Crippen MR) is 93.3 cm³/mol. The van der Waals surface area contributed by atoms with Crippen molar-refractivity contribution in [3.05, 3.63) is 16.7 Å². The third-order valence-corrected chi connectivity index (χ3v) is 4.66. The zero-order chi connectivity index (χ0) is 15.4. The van der Waals surface area contributed by atoms with Gasteiger partial charge in [0.25, 0.3) is 0 Å². The Morgan fingerprint density at radius 2 is 2.10 bits per heavy atom. The molecule has 3 nitrogen and oxygen atoms in total. The summed E-state index contributed by atoms with van der Waals surface area (Å²) in [6.07, 6.45) is 2.05. The number of hydrogen-bond donors (Lipinski definition) is 1. The van der Waals surface area contributed by atoms with Crippen LogP contribution >= 0.6 is 22.9 Å². The van der Waals surface area contributed by atoms with Crippen molar-refractivity contribution in [2.24, 2.45) is 0 Å². The third-order valence-electron chi connectivity index (χ3n) is 3.20. The van der Waals surface area contributed by atoms with E-state index in [-0.39, 0.29) is 0 Å². The molecule has 0 saturated heterocycles. The number of hydrogen-bond acceptors (Lipinski definition) is 4. The standard InChI is InChI=1S/C16H23ClN2OS/c1-5-7-18-16-19-13-14(20-8-6-2)11(10(3)4)9-12(17)15(13)21-16/h9-10H,5-8H2,1-4H3,(H,18,19). The fraction of sp³-hybridized carbons (Fsp3) is 0.562. The van der Waals surface area contributed by atoms with Gasteiger partial charge in [-0.15, -0.1) is 0 Å². The fourth-order valence-electron chi connectivity index (χ4n) is 2.13. The number of aromatic nitrogens is 1. The largest absolute Gasteiger partial charge is 0.491 e. The second-order valence-electron chi connectivity index (χ2n) is 5.40. The zero-order valence-corrected chi connectivity index (χ0v) is 14.7. The van der Waals surface area contributed by atoms with Crippen molar-refractivity contribution in [2.75, 3.05) is 18.5 Å². The van der Waals surface area contributed by atoms with Gasteiger partial charge in [0.15, 0.2) is 5.13 Å². The molecule has 21 heavy (non-hydrogen) atoms. The van der Waals surface area contributed by atoms with Crippen LogP contribution in [0.15, 0.2) is 6.07 Å². The van der Waals surface area contributed by atoms with Crippen molar-refractivity contribution in [3.8, 4) is 5.75 Å². The Morgan fingerprint density at radius 3 is 2.71 bits per heavy atom. The average Bonchev–Trinajstić information content (AvgIpc) is 2.88. The van der Waals surface area contributed by atoms with Gasteiger partial charge in [0.1, 0.15) is 11.3 Å². The van der Waals surface area contributed by atoms with Gasteiger partial charge in [0.2, 0.25) is 0 Å². The van der Waals surface area contributed by atoms with Gasteiger partial charge in [-0.1, -0.05) is 50.6 Å². The van der Waals surface area contributed by atoms with Gasteiger partial charge in [-0.05, 0) is 24.8 Å². The first-order valence-electron chi connectivity index (χ1n) is 7.58. The molecule has 2 rings (SSSR count). The first kappa shape index (κ1) is 16.4. The summed E-state index contributed by atoms with van der Waals surface area (Å²) in [7, 11) is 0. The van der Waals surface area contributed by atoms with Crippen molar-refractivity contribution in [1.29, 1.82) is 0 Å². The molecule has 0 amide bonds. The van der Waals surface area contributed by atoms with E-state index in [1.165, 1.54) is 0 Å². The number of halogens is 1. The normalized spacial score (nSPS) is 11.3. The molecule has 0 aliphatic rings. The highest BCUT2D eigenvalue weighted by molar-refractivity contribution is 7.22. The molecular formula is C16H23ClN2OS. The Hall–Kier alpha value is -1.000. The minimum atomic E-state index is 0.354. The number of nitrogens with zero attached hydrogens (tertiary/aromatic N) is 1. The lowest BCUT2D eigenvalue weighted by atomic mass is 10.0. The Morgan fingerprint density at radius 1 is 1.33 bits per heavy atom. The molecule has 2 aromatic rings. The van der Waals surface area contributed by atoms with Crippen molar-refractivity contribution in [1.82, 2.24) is 4.98 Å². The van der Waals surface area contributed by atoms with Gasteiger partial charge >= 0.3 is 0 Å². The van der Waals surface area contributed by atoms with E-state index >= 15 is 0 Å². The lowest BCUT2D eigenvalue weighted by Crippen LogP contribution is -2.02. The van der Waals surface area contributed by atoms with Gasteiger partial charge in [-0.2, -0.15) is 0 Å². The topological polar surface area (TPSA) is 34.2 Å². The molecule has 1 aromatic carbocycles. The minimum absolute atomic E-state index is 0.354. The van der Waals surface area contributed by atoms with Gasteiger partial charge in [0, 0.05) is 12.1 Å². The van der Waals surface area contributed by atoms with Crippen molar-refractivity contribution in [2.45, 2.75) is 46.5 Å². The number of benzene rings is 1. The second kappa shape index (κ2) is 7.32. The molecule has 116 valence electrons. The average molecular weight is 327 g/mol. The van der Waals surface area contributed by atoms with E-state index in [0.717, 1.165) is 51.1 Å². The van der Waals surface area contributed by atoms with Gasteiger partial charge in [-0.3, -0.25) is 0 Å². The minimum Gasteiger partial charge on any atom is -0.491 e. The lowest BCUT2D eigenvalue weighted by molar-refractivity contribution is 0.316. The summed E-state index contributed by atoms with van der Waals surface area (Å²) in [6.45, 7) is 10.2. The molecule has 0 radical (unpaired) electrons. The van der Waals surface area contributed by atoms with Crippen LogP contribution in [-0.4, -0.2) is 18.1 Å². The molecule has 0 atom stereocenters. The summed E-state index contributed by atoms with van der Waals surface area (Å²) < 4.78 is 7.00. The van der Waals surface area contributed by atoms with Crippen LogP contribution in [0.1, 0.15) is 52.0 Å². The van der Waals surface area contributed by atoms with Crippen LogP contribution in [0.25, 0.3) is 10.2 Å². The van der Waals surface area contributed by atoms with E-state index in [1.54, 1.807) is 11.3 Å². The summed E-state index contributed by atoms with van der Waals surface area (Å²) in [5.41, 5.74) is 2.02. The maximum atomic E-state index is 6.45. The monoisotopic (exact) mass is 326 g/mol. The summed E-state index contributed by atoms with van der Waals surface area (Å²) >= 11 is 8.04. The summed E-state index contributed by atoms with van der Waals surface area (Å²) in [5, 5.41) is 5.01. The number of ether oxygens (including phenoxy) is 1. The van der Waals surface area contributed by atoms with Gasteiger partial charge in [-0.25, -0.2) is 4.98 Å². The van der Waals surface area contributed by atoms with E-state index in [4.69, 9.17) is 21.3 Å². The van der Waals surface area contributed by atoms with Crippen molar-refractivity contribution >= 4 is 38.3 Å². The third kappa shape index (κ3) is 3.61. The number of rotatable bonds is 7. The van der Waals surface area contributed by atoms with Crippen LogP contribution in [0.4, 0.5) is 5.13 Å². The molecule has 0 saturated carbocycles. The van der Waals surface area contributed by atoms with E-state index in [1.807, 2.05) is 6.07 Å². The Kier molecular flexibility index (Phi) is 5.71. The lowest BCUT2D eigenvalue weighted by Gasteiger charge is -2.15. The van der Waals surface area contributed by atoms with E-state index in [2.05, 4.69) is 33.0 Å². The molecule has 5 heteroatoms. The van der Waals surface area contributed by atoms with Crippen molar-refractivity contribution in [3.63, 3.8) is 0 Å². The van der Waals surface area contributed by atoms with Crippen LogP contribution in [0.2, 0.25) is 5.02 Å². The Balaban J connectivity index is 2.53. The van der Waals surface area contributed by atoms with Crippen LogP contribution in [0, 0.1) is 0 Å². The molecule has 0 fully saturated rings. The fourth-order valence-corrected chi connectivity index (χ4v) is 3.35. The number of anilines is 1. The van der Waals surface area contributed by atoms with Crippen LogP contribution < -0.4 is 10.1 Å². The number of thiazole rings is 1. The van der Waals surface area contributed by atoms with E-state index in [9.17, 15) is 0 Å². The molecule has 1 N–H and O–H groups in total. The molecule has 0 spiro atoms. The second-order valence-corrected chi connectivity index (χ2v) is 6.81. The van der Waals surface area contributed by atoms with E-state index < -0.39 is 0 Å². The highest BCUT2D eigenvalue weighted by Gasteiger charge is 2.19. The zero-order valence-electron chi connectivity index (χ0n) is 13.1. The van der Waals surface area contributed by atoms with Gasteiger partial charge in [0.05, 0.1) is 16.3 Å². The maximum absolute atomic E-state index is 6.45. The summed E-state index contributed by atoms with van der Waals surface area (Å²) in [6, 6.07) is 2.03. The number of fused-ring (bicyclic) bond motifs is 1. The molecule has 1 aromatic heterocycles. The Labute approximate surface area is 135 Å².